The standard InChI is InChI=1S/C12H27NO3/c1-3-4-8-16-10-12(15)9-13-7-5-6-11(2)14/h11-15H,3-10H2,1-2H3. The second-order valence-corrected chi connectivity index (χ2v) is 4.28. The van der Waals surface area contributed by atoms with Crippen LogP contribution in [0.25, 0.3) is 0 Å². The first-order valence-corrected chi connectivity index (χ1v) is 6.31. The molecular weight excluding hydrogens is 206 g/mol. The van der Waals surface area contributed by atoms with Gasteiger partial charge in [-0.2, -0.15) is 0 Å². The zero-order valence-corrected chi connectivity index (χ0v) is 10.6. The van der Waals surface area contributed by atoms with Gasteiger partial charge < -0.3 is 20.3 Å². The Hall–Kier alpha value is -0.160. The molecule has 0 saturated heterocycles. The number of unbranched alkanes of at least 4 members (excludes halogenated alkanes) is 1. The Morgan fingerprint density at radius 1 is 1.25 bits per heavy atom. The molecule has 0 aromatic carbocycles. The predicted octanol–water partition coefficient (Wildman–Crippen LogP) is 0.915. The molecule has 0 amide bonds. The van der Waals surface area contributed by atoms with Gasteiger partial charge in [-0.05, 0) is 32.7 Å². The van der Waals surface area contributed by atoms with Crippen molar-refractivity contribution in [1.82, 2.24) is 5.32 Å². The minimum Gasteiger partial charge on any atom is -0.393 e. The molecule has 4 heteroatoms. The molecule has 0 heterocycles. The molecule has 3 N–H and O–H groups in total. The normalized spacial score (nSPS) is 15.0. The number of rotatable bonds is 11. The van der Waals surface area contributed by atoms with Gasteiger partial charge in [0, 0.05) is 13.2 Å². The summed E-state index contributed by atoms with van der Waals surface area (Å²) in [6, 6.07) is 0. The van der Waals surface area contributed by atoms with Gasteiger partial charge in [0.15, 0.2) is 0 Å². The average molecular weight is 233 g/mol. The van der Waals surface area contributed by atoms with Crippen molar-refractivity contribution in [1.29, 1.82) is 0 Å². The van der Waals surface area contributed by atoms with Gasteiger partial charge in [-0.15, -0.1) is 0 Å². The van der Waals surface area contributed by atoms with Crippen LogP contribution in [-0.2, 0) is 4.74 Å². The van der Waals surface area contributed by atoms with Crippen molar-refractivity contribution < 1.29 is 14.9 Å². The number of aliphatic hydroxyl groups is 2. The van der Waals surface area contributed by atoms with Crippen molar-refractivity contribution in [2.24, 2.45) is 0 Å². The summed E-state index contributed by atoms with van der Waals surface area (Å²) in [6.07, 6.45) is 3.24. The van der Waals surface area contributed by atoms with Crippen LogP contribution in [0.1, 0.15) is 39.5 Å². The minimum absolute atomic E-state index is 0.232. The van der Waals surface area contributed by atoms with Crippen LogP contribution < -0.4 is 5.32 Å². The molecule has 0 aliphatic heterocycles. The summed E-state index contributed by atoms with van der Waals surface area (Å²) in [5, 5.41) is 21.7. The lowest BCUT2D eigenvalue weighted by atomic mass is 10.2. The summed E-state index contributed by atoms with van der Waals surface area (Å²) < 4.78 is 5.30. The van der Waals surface area contributed by atoms with Crippen LogP contribution in [0.2, 0.25) is 0 Å². The smallest absolute Gasteiger partial charge is 0.0897 e. The van der Waals surface area contributed by atoms with Gasteiger partial charge in [-0.3, -0.25) is 0 Å². The zero-order chi connectivity index (χ0) is 12.2. The van der Waals surface area contributed by atoms with Crippen LogP contribution in [0.3, 0.4) is 0 Å². The lowest BCUT2D eigenvalue weighted by molar-refractivity contribution is 0.0359. The molecule has 0 fully saturated rings. The van der Waals surface area contributed by atoms with Gasteiger partial charge in [0.2, 0.25) is 0 Å². The van der Waals surface area contributed by atoms with Crippen molar-refractivity contribution in [3.63, 3.8) is 0 Å². The van der Waals surface area contributed by atoms with E-state index >= 15 is 0 Å². The van der Waals surface area contributed by atoms with Gasteiger partial charge >= 0.3 is 0 Å². The second-order valence-electron chi connectivity index (χ2n) is 4.28. The SMILES string of the molecule is CCCCOCC(O)CNCCCC(C)O. The molecule has 0 aliphatic carbocycles. The maximum Gasteiger partial charge on any atom is 0.0897 e. The summed E-state index contributed by atoms with van der Waals surface area (Å²) in [4.78, 5) is 0. The molecule has 0 saturated carbocycles. The van der Waals surface area contributed by atoms with Gasteiger partial charge in [-0.1, -0.05) is 13.3 Å². The van der Waals surface area contributed by atoms with Crippen molar-refractivity contribution >= 4 is 0 Å². The van der Waals surface area contributed by atoms with Gasteiger partial charge in [0.05, 0.1) is 18.8 Å². The van der Waals surface area contributed by atoms with Crippen LogP contribution in [0.4, 0.5) is 0 Å². The van der Waals surface area contributed by atoms with Crippen LogP contribution >= 0.6 is 0 Å². The van der Waals surface area contributed by atoms with Crippen molar-refractivity contribution in [2.45, 2.75) is 51.7 Å². The summed E-state index contributed by atoms with van der Waals surface area (Å²) in [6.45, 7) is 6.43. The Labute approximate surface area is 99.0 Å². The first-order valence-electron chi connectivity index (χ1n) is 6.31. The maximum atomic E-state index is 9.52. The van der Waals surface area contributed by atoms with E-state index in [4.69, 9.17) is 9.84 Å². The molecule has 98 valence electrons. The van der Waals surface area contributed by atoms with E-state index in [1.165, 1.54) is 0 Å². The third-order valence-corrected chi connectivity index (χ3v) is 2.31. The molecule has 4 nitrogen and oxygen atoms in total. The first-order chi connectivity index (χ1) is 7.66. The molecule has 0 spiro atoms. The van der Waals surface area contributed by atoms with E-state index in [0.717, 1.165) is 38.8 Å². The third-order valence-electron chi connectivity index (χ3n) is 2.31. The van der Waals surface area contributed by atoms with E-state index in [-0.39, 0.29) is 6.10 Å². The van der Waals surface area contributed by atoms with Crippen LogP contribution in [0, 0.1) is 0 Å². The monoisotopic (exact) mass is 233 g/mol. The highest BCUT2D eigenvalue weighted by molar-refractivity contribution is 4.59. The fraction of sp³-hybridized carbons (Fsp3) is 1.00. The van der Waals surface area contributed by atoms with Crippen molar-refractivity contribution in [3.05, 3.63) is 0 Å². The summed E-state index contributed by atoms with van der Waals surface area (Å²) in [7, 11) is 0. The molecular formula is C12H27NO3. The van der Waals surface area contributed by atoms with E-state index < -0.39 is 6.10 Å². The lowest BCUT2D eigenvalue weighted by Gasteiger charge is -2.12. The van der Waals surface area contributed by atoms with Gasteiger partial charge in [0.25, 0.3) is 0 Å². The number of ether oxygens (including phenoxy) is 1. The molecule has 0 aliphatic rings. The molecule has 2 atom stereocenters. The number of hydrogen-bond donors (Lipinski definition) is 3. The highest BCUT2D eigenvalue weighted by Gasteiger charge is 2.03. The zero-order valence-electron chi connectivity index (χ0n) is 10.6. The molecule has 2 unspecified atom stereocenters. The quantitative estimate of drug-likeness (QED) is 0.464. The lowest BCUT2D eigenvalue weighted by Crippen LogP contribution is -2.31. The first kappa shape index (κ1) is 15.8. The topological polar surface area (TPSA) is 61.7 Å². The Morgan fingerprint density at radius 3 is 2.62 bits per heavy atom. The Bertz CT molecular complexity index is 142. The fourth-order valence-electron chi connectivity index (χ4n) is 1.32. The number of aliphatic hydroxyl groups excluding tert-OH is 2. The molecule has 0 rings (SSSR count). The number of hydrogen-bond acceptors (Lipinski definition) is 4. The Kier molecular flexibility index (Phi) is 11.2. The molecule has 0 aromatic heterocycles. The van der Waals surface area contributed by atoms with Crippen LogP contribution in [-0.4, -0.2) is 48.7 Å². The van der Waals surface area contributed by atoms with Crippen molar-refractivity contribution in [2.75, 3.05) is 26.3 Å². The summed E-state index contributed by atoms with van der Waals surface area (Å²) >= 11 is 0. The minimum atomic E-state index is -0.427. The van der Waals surface area contributed by atoms with Crippen LogP contribution in [0.5, 0.6) is 0 Å². The fourth-order valence-corrected chi connectivity index (χ4v) is 1.32. The third kappa shape index (κ3) is 11.9. The molecule has 0 radical (unpaired) electrons. The number of nitrogens with one attached hydrogen (secondary N) is 1. The largest absolute Gasteiger partial charge is 0.393 e. The van der Waals surface area contributed by atoms with E-state index in [9.17, 15) is 5.11 Å². The Morgan fingerprint density at radius 2 is 2.00 bits per heavy atom. The highest BCUT2D eigenvalue weighted by Crippen LogP contribution is 1.94. The second kappa shape index (κ2) is 11.3. The molecule has 0 bridgehead atoms. The Balaban J connectivity index is 3.14. The van der Waals surface area contributed by atoms with E-state index in [2.05, 4.69) is 12.2 Å². The van der Waals surface area contributed by atoms with E-state index in [1.807, 2.05) is 0 Å². The maximum absolute atomic E-state index is 9.52. The van der Waals surface area contributed by atoms with Gasteiger partial charge in [-0.25, -0.2) is 0 Å². The van der Waals surface area contributed by atoms with Crippen molar-refractivity contribution in [3.8, 4) is 0 Å². The average Bonchev–Trinajstić information content (AvgIpc) is 2.23. The van der Waals surface area contributed by atoms with Gasteiger partial charge in [0.1, 0.15) is 0 Å². The predicted molar refractivity (Wildman–Crippen MR) is 65.5 cm³/mol. The van der Waals surface area contributed by atoms with Crippen LogP contribution in [0.15, 0.2) is 0 Å². The molecule has 0 aromatic rings. The summed E-state index contributed by atoms with van der Waals surface area (Å²) in [5.74, 6) is 0. The molecule has 16 heavy (non-hydrogen) atoms. The summed E-state index contributed by atoms with van der Waals surface area (Å²) in [5.41, 5.74) is 0. The van der Waals surface area contributed by atoms with E-state index in [0.29, 0.717) is 13.2 Å². The highest BCUT2D eigenvalue weighted by atomic mass is 16.5. The van der Waals surface area contributed by atoms with E-state index in [1.54, 1.807) is 6.92 Å².